The van der Waals surface area contributed by atoms with Crippen LogP contribution in [0.15, 0.2) is 28.7 Å². The largest absolute Gasteiger partial charge is 0.480 e. The fraction of sp³-hybridized carbons (Fsp3) is 0.400. The molecule has 0 aliphatic carbocycles. The van der Waals surface area contributed by atoms with Gasteiger partial charge in [-0.3, -0.25) is 4.79 Å². The van der Waals surface area contributed by atoms with Crippen LogP contribution in [0.4, 0.5) is 5.95 Å². The van der Waals surface area contributed by atoms with Gasteiger partial charge in [-0.25, -0.2) is 0 Å². The number of anilines is 1. The van der Waals surface area contributed by atoms with Crippen molar-refractivity contribution in [2.45, 2.75) is 32.6 Å². The average molecular weight is 512 g/mol. The van der Waals surface area contributed by atoms with E-state index in [2.05, 4.69) is 35.9 Å². The van der Waals surface area contributed by atoms with E-state index in [9.17, 15) is 4.79 Å². The number of methoxy groups -OCH3 is 2. The number of likely N-dealkylation sites (N-methyl/N-ethyl adjacent to an activating group) is 1. The number of primary amides is 1. The zero-order valence-corrected chi connectivity index (χ0v) is 22.8. The molecular formula is C25H33N5O5Si. The van der Waals surface area contributed by atoms with Crippen LogP contribution in [0.3, 0.4) is 0 Å². The Morgan fingerprint density at radius 1 is 1.14 bits per heavy atom. The number of nitrogens with one attached hydrogen (secondary N) is 1. The van der Waals surface area contributed by atoms with Gasteiger partial charge in [-0.1, -0.05) is 30.9 Å². The Bertz CT molecular complexity index is 1260. The fourth-order valence-corrected chi connectivity index (χ4v) is 5.15. The summed E-state index contributed by atoms with van der Waals surface area (Å²) < 4.78 is 23.1. The van der Waals surface area contributed by atoms with Crippen molar-refractivity contribution in [2.24, 2.45) is 5.73 Å². The summed E-state index contributed by atoms with van der Waals surface area (Å²) in [7, 11) is 3.32. The van der Waals surface area contributed by atoms with Crippen molar-refractivity contribution in [3.63, 3.8) is 0 Å². The Balaban J connectivity index is 1.84. The van der Waals surface area contributed by atoms with Gasteiger partial charge in [0.2, 0.25) is 17.7 Å². The quantitative estimate of drug-likeness (QED) is 0.417. The first kappa shape index (κ1) is 25.5. The molecule has 1 fully saturated rings. The summed E-state index contributed by atoms with van der Waals surface area (Å²) >= 11 is 0. The third-order valence-corrected chi connectivity index (χ3v) is 8.34. The third-order valence-electron chi connectivity index (χ3n) is 6.32. The standard InChI is InChI=1S/C25H33N5O5Si/c1-14-17(21-23(32-3)28-25(29-24(21)33-4)30-12-15(13-30)27-2)10-16(36(5,6)7)11-19(14)35-20-9-8-18(34-20)22(26)31/h8-11,15,27H,12-13H2,1-7H3,(H2,26,31). The third kappa shape index (κ3) is 4.89. The predicted octanol–water partition coefficient (Wildman–Crippen LogP) is 2.91. The van der Waals surface area contributed by atoms with E-state index >= 15 is 0 Å². The van der Waals surface area contributed by atoms with E-state index in [4.69, 9.17) is 34.3 Å². The van der Waals surface area contributed by atoms with Gasteiger partial charge in [0.05, 0.1) is 22.3 Å². The van der Waals surface area contributed by atoms with Crippen LogP contribution in [0.5, 0.6) is 23.5 Å². The summed E-state index contributed by atoms with van der Waals surface area (Å²) in [6.07, 6.45) is 0. The number of hydrogen-bond acceptors (Lipinski definition) is 9. The molecule has 3 aromatic rings. The van der Waals surface area contributed by atoms with Crippen LogP contribution in [-0.4, -0.2) is 64.3 Å². The number of amides is 1. The van der Waals surface area contributed by atoms with Crippen LogP contribution in [0.25, 0.3) is 11.1 Å². The van der Waals surface area contributed by atoms with Crippen molar-refractivity contribution < 1.29 is 23.4 Å². The maximum absolute atomic E-state index is 11.5. The summed E-state index contributed by atoms with van der Waals surface area (Å²) in [6.45, 7) is 10.3. The summed E-state index contributed by atoms with van der Waals surface area (Å²) in [5.74, 6) is 1.53. The molecule has 36 heavy (non-hydrogen) atoms. The first-order chi connectivity index (χ1) is 17.0. The van der Waals surface area contributed by atoms with Crippen LogP contribution in [0.1, 0.15) is 16.1 Å². The highest BCUT2D eigenvalue weighted by molar-refractivity contribution is 6.88. The van der Waals surface area contributed by atoms with E-state index in [1.54, 1.807) is 20.3 Å². The number of aromatic nitrogens is 2. The van der Waals surface area contributed by atoms with Crippen molar-refractivity contribution in [2.75, 3.05) is 39.3 Å². The van der Waals surface area contributed by atoms with Gasteiger partial charge in [0.25, 0.3) is 11.9 Å². The Morgan fingerprint density at radius 3 is 2.28 bits per heavy atom. The van der Waals surface area contributed by atoms with Crippen molar-refractivity contribution in [1.82, 2.24) is 15.3 Å². The molecule has 0 saturated carbocycles. The van der Waals surface area contributed by atoms with Gasteiger partial charge >= 0.3 is 0 Å². The van der Waals surface area contributed by atoms with E-state index in [1.807, 2.05) is 20.0 Å². The molecule has 1 aliphatic heterocycles. The normalized spacial score (nSPS) is 13.9. The van der Waals surface area contributed by atoms with Gasteiger partial charge in [0.1, 0.15) is 11.3 Å². The maximum Gasteiger partial charge on any atom is 0.290 e. The molecule has 3 heterocycles. The number of furan rings is 1. The molecule has 0 spiro atoms. The summed E-state index contributed by atoms with van der Waals surface area (Å²) in [5.41, 5.74) is 7.63. The monoisotopic (exact) mass is 511 g/mol. The Hall–Kier alpha value is -3.57. The Morgan fingerprint density at radius 2 is 1.78 bits per heavy atom. The number of ether oxygens (including phenoxy) is 3. The van der Waals surface area contributed by atoms with E-state index in [-0.39, 0.29) is 11.7 Å². The molecule has 0 unspecified atom stereocenters. The molecule has 1 aromatic carbocycles. The van der Waals surface area contributed by atoms with Crippen molar-refractivity contribution in [3.05, 3.63) is 35.6 Å². The molecule has 0 atom stereocenters. The summed E-state index contributed by atoms with van der Waals surface area (Å²) in [5, 5.41) is 4.40. The molecule has 2 aromatic heterocycles. The van der Waals surface area contributed by atoms with Crippen LogP contribution in [0.2, 0.25) is 19.6 Å². The minimum atomic E-state index is -1.80. The molecule has 0 bridgehead atoms. The Labute approximate surface area is 211 Å². The lowest BCUT2D eigenvalue weighted by Crippen LogP contribution is -2.57. The second-order valence-electron chi connectivity index (χ2n) is 9.79. The number of hydrogen-bond donors (Lipinski definition) is 2. The highest BCUT2D eigenvalue weighted by atomic mass is 28.3. The first-order valence-corrected chi connectivity index (χ1v) is 15.2. The fourth-order valence-electron chi connectivity index (χ4n) is 4.00. The first-order valence-electron chi connectivity index (χ1n) is 11.7. The van der Waals surface area contributed by atoms with Crippen molar-refractivity contribution >= 4 is 25.1 Å². The zero-order chi connectivity index (χ0) is 26.2. The summed E-state index contributed by atoms with van der Waals surface area (Å²) in [4.78, 5) is 23.0. The number of carbonyl (C=O) groups excluding carboxylic acids is 1. The van der Waals surface area contributed by atoms with Crippen molar-refractivity contribution in [3.8, 4) is 34.6 Å². The van der Waals surface area contributed by atoms with E-state index in [1.165, 1.54) is 6.07 Å². The lowest BCUT2D eigenvalue weighted by Gasteiger charge is -2.39. The van der Waals surface area contributed by atoms with Gasteiger partial charge in [-0.15, -0.1) is 0 Å². The molecule has 4 rings (SSSR count). The van der Waals surface area contributed by atoms with Crippen LogP contribution >= 0.6 is 0 Å². The summed E-state index contributed by atoms with van der Waals surface area (Å²) in [6, 6.07) is 7.62. The molecular weight excluding hydrogens is 478 g/mol. The number of nitrogens with two attached hydrogens (primary N) is 1. The minimum absolute atomic E-state index is 0.0306. The lowest BCUT2D eigenvalue weighted by molar-refractivity contribution is 0.0969. The minimum Gasteiger partial charge on any atom is -0.480 e. The van der Waals surface area contributed by atoms with E-state index in [0.717, 1.165) is 29.4 Å². The second kappa shape index (κ2) is 9.82. The Kier molecular flexibility index (Phi) is 6.96. The second-order valence-corrected chi connectivity index (χ2v) is 14.9. The van der Waals surface area contributed by atoms with Gasteiger partial charge in [0.15, 0.2) is 5.76 Å². The van der Waals surface area contributed by atoms with Gasteiger partial charge < -0.3 is 34.6 Å². The van der Waals surface area contributed by atoms with Crippen LogP contribution in [-0.2, 0) is 0 Å². The number of rotatable bonds is 9. The maximum atomic E-state index is 11.5. The number of carbonyl (C=O) groups is 1. The van der Waals surface area contributed by atoms with Crippen LogP contribution in [0, 0.1) is 6.92 Å². The van der Waals surface area contributed by atoms with Gasteiger partial charge in [-0.05, 0) is 31.7 Å². The lowest BCUT2D eigenvalue weighted by atomic mass is 10.0. The van der Waals surface area contributed by atoms with Gasteiger partial charge in [0, 0.05) is 30.8 Å². The molecule has 10 nitrogen and oxygen atoms in total. The highest BCUT2D eigenvalue weighted by Gasteiger charge is 2.31. The smallest absolute Gasteiger partial charge is 0.290 e. The molecule has 1 amide bonds. The van der Waals surface area contributed by atoms with Crippen LogP contribution < -0.4 is 35.3 Å². The van der Waals surface area contributed by atoms with E-state index in [0.29, 0.717) is 35.1 Å². The van der Waals surface area contributed by atoms with Crippen molar-refractivity contribution in [1.29, 1.82) is 0 Å². The molecule has 0 radical (unpaired) electrons. The number of nitrogens with zero attached hydrogens (tertiary/aromatic N) is 3. The molecule has 192 valence electrons. The molecule has 3 N–H and O–H groups in total. The highest BCUT2D eigenvalue weighted by Crippen LogP contribution is 2.42. The average Bonchev–Trinajstić information content (AvgIpc) is 3.27. The molecule has 1 saturated heterocycles. The number of benzene rings is 1. The zero-order valence-electron chi connectivity index (χ0n) is 21.8. The predicted molar refractivity (Wildman–Crippen MR) is 141 cm³/mol. The van der Waals surface area contributed by atoms with E-state index < -0.39 is 14.0 Å². The SMILES string of the molecule is CNC1CN(c2nc(OC)c(-c3cc([Si](C)(C)C)cc(Oc4ccc(C(N)=O)o4)c3C)c(OC)n2)C1. The molecule has 1 aliphatic rings. The van der Waals surface area contributed by atoms with Gasteiger partial charge in [-0.2, -0.15) is 9.97 Å². The molecule has 11 heteroatoms. The topological polar surface area (TPSA) is 125 Å².